The predicted molar refractivity (Wildman–Crippen MR) is 101 cm³/mol. The molecule has 140 valence electrons. The molecule has 0 amide bonds. The Morgan fingerprint density at radius 1 is 1.28 bits per heavy atom. The highest BCUT2D eigenvalue weighted by Gasteiger charge is 2.16. The van der Waals surface area contributed by atoms with E-state index in [0.29, 0.717) is 0 Å². The Morgan fingerprint density at radius 2 is 2.00 bits per heavy atom. The number of carbonyl (C=O) groups excluding carboxylic acids is 1. The molecule has 1 aromatic carbocycles. The van der Waals surface area contributed by atoms with Gasteiger partial charge >= 0.3 is 5.97 Å². The van der Waals surface area contributed by atoms with Crippen LogP contribution in [-0.2, 0) is 9.53 Å². The molecule has 5 nitrogen and oxygen atoms in total. The van der Waals surface area contributed by atoms with Gasteiger partial charge in [0.05, 0.1) is 6.10 Å². The molecule has 1 fully saturated rings. The van der Waals surface area contributed by atoms with E-state index in [1.165, 1.54) is 19.3 Å². The van der Waals surface area contributed by atoms with Crippen LogP contribution < -0.4 is 5.32 Å². The zero-order valence-electron chi connectivity index (χ0n) is 15.8. The van der Waals surface area contributed by atoms with E-state index in [2.05, 4.69) is 10.2 Å². The third kappa shape index (κ3) is 7.45. The van der Waals surface area contributed by atoms with Crippen molar-refractivity contribution in [3.8, 4) is 0 Å². The third-order valence-corrected chi connectivity index (χ3v) is 4.30. The zero-order valence-corrected chi connectivity index (χ0v) is 15.8. The number of carbonyl (C=O) groups is 1. The lowest BCUT2D eigenvalue weighted by Gasteiger charge is -2.27. The van der Waals surface area contributed by atoms with Crippen LogP contribution in [0.1, 0.15) is 58.1 Å². The smallest absolute Gasteiger partial charge is 0.325 e. The Kier molecular flexibility index (Phi) is 7.26. The van der Waals surface area contributed by atoms with E-state index in [9.17, 15) is 9.90 Å². The Morgan fingerprint density at radius 3 is 2.68 bits per heavy atom. The van der Waals surface area contributed by atoms with Gasteiger partial charge in [0.2, 0.25) is 0 Å². The van der Waals surface area contributed by atoms with Gasteiger partial charge in [0.1, 0.15) is 12.1 Å². The number of rotatable bonds is 7. The van der Waals surface area contributed by atoms with Crippen LogP contribution in [0.4, 0.5) is 5.69 Å². The summed E-state index contributed by atoms with van der Waals surface area (Å²) in [5, 5.41) is 13.5. The number of benzene rings is 1. The quantitative estimate of drug-likeness (QED) is 0.740. The van der Waals surface area contributed by atoms with E-state index in [1.807, 2.05) is 45.0 Å². The van der Waals surface area contributed by atoms with Crippen LogP contribution >= 0.6 is 0 Å². The summed E-state index contributed by atoms with van der Waals surface area (Å²) in [7, 11) is 0. The molecule has 2 rings (SSSR count). The van der Waals surface area contributed by atoms with Crippen molar-refractivity contribution < 1.29 is 14.6 Å². The Labute approximate surface area is 151 Å². The van der Waals surface area contributed by atoms with Gasteiger partial charge in [-0.2, -0.15) is 0 Å². The highest BCUT2D eigenvalue weighted by molar-refractivity contribution is 5.75. The van der Waals surface area contributed by atoms with Gasteiger partial charge in [-0.25, -0.2) is 0 Å². The number of aliphatic hydroxyl groups is 1. The lowest BCUT2D eigenvalue weighted by molar-refractivity contribution is -0.152. The van der Waals surface area contributed by atoms with Crippen LogP contribution in [0, 0.1) is 0 Å². The second kappa shape index (κ2) is 9.20. The molecule has 0 spiro atoms. The van der Waals surface area contributed by atoms with Crippen molar-refractivity contribution in [2.24, 2.45) is 0 Å². The summed E-state index contributed by atoms with van der Waals surface area (Å²) >= 11 is 0. The van der Waals surface area contributed by atoms with E-state index < -0.39 is 11.7 Å². The van der Waals surface area contributed by atoms with Crippen LogP contribution in [-0.4, -0.2) is 47.8 Å². The molecule has 25 heavy (non-hydrogen) atoms. The molecule has 1 aliphatic heterocycles. The molecule has 0 aliphatic carbocycles. The highest BCUT2D eigenvalue weighted by atomic mass is 16.6. The van der Waals surface area contributed by atoms with Crippen molar-refractivity contribution in [2.45, 2.75) is 58.2 Å². The molecule has 1 atom stereocenters. The lowest BCUT2D eigenvalue weighted by Crippen LogP contribution is -2.31. The molecule has 1 aromatic rings. The van der Waals surface area contributed by atoms with Crippen LogP contribution in [0.2, 0.25) is 0 Å². The first-order valence-electron chi connectivity index (χ1n) is 9.29. The summed E-state index contributed by atoms with van der Waals surface area (Å²) in [5.74, 6) is -0.288. The topological polar surface area (TPSA) is 61.8 Å². The fourth-order valence-electron chi connectivity index (χ4n) is 3.06. The Bertz CT molecular complexity index is 548. The first-order valence-corrected chi connectivity index (χ1v) is 9.29. The standard InChI is InChI=1S/C20H32N2O3/c1-20(2,3)25-19(24)15-21-17-9-7-8-16(14-17)18(23)10-13-22-11-5-4-6-12-22/h7-9,14,18,21,23H,4-6,10-13,15H2,1-3H3/t18-/m1/s1. The van der Waals surface area contributed by atoms with Crippen LogP contribution in [0.3, 0.4) is 0 Å². The van der Waals surface area contributed by atoms with Gasteiger partial charge < -0.3 is 20.1 Å². The second-order valence-electron chi connectivity index (χ2n) is 7.77. The van der Waals surface area contributed by atoms with Gasteiger partial charge in [-0.1, -0.05) is 18.6 Å². The first-order chi connectivity index (χ1) is 11.8. The van der Waals surface area contributed by atoms with E-state index in [1.54, 1.807) is 0 Å². The van der Waals surface area contributed by atoms with Gasteiger partial charge in [-0.15, -0.1) is 0 Å². The minimum atomic E-state index is -0.481. The minimum Gasteiger partial charge on any atom is -0.459 e. The number of ether oxygens (including phenoxy) is 1. The van der Waals surface area contributed by atoms with Crippen molar-refractivity contribution in [3.05, 3.63) is 29.8 Å². The summed E-state index contributed by atoms with van der Waals surface area (Å²) in [4.78, 5) is 14.2. The maximum atomic E-state index is 11.8. The number of nitrogens with zero attached hydrogens (tertiary/aromatic N) is 1. The number of likely N-dealkylation sites (tertiary alicyclic amines) is 1. The molecule has 0 aromatic heterocycles. The molecular weight excluding hydrogens is 316 g/mol. The SMILES string of the molecule is CC(C)(C)OC(=O)CNc1cccc([C@H](O)CCN2CCCCC2)c1. The first kappa shape index (κ1) is 19.7. The third-order valence-electron chi connectivity index (χ3n) is 4.30. The molecule has 0 bridgehead atoms. The van der Waals surface area contributed by atoms with E-state index in [0.717, 1.165) is 37.3 Å². The number of hydrogen-bond acceptors (Lipinski definition) is 5. The maximum absolute atomic E-state index is 11.8. The van der Waals surface area contributed by atoms with Gasteiger partial charge in [-0.05, 0) is 70.8 Å². The van der Waals surface area contributed by atoms with Gasteiger partial charge in [-0.3, -0.25) is 4.79 Å². The minimum absolute atomic E-state index is 0.116. The van der Waals surface area contributed by atoms with Crippen LogP contribution in [0.25, 0.3) is 0 Å². The second-order valence-corrected chi connectivity index (χ2v) is 7.77. The summed E-state index contributed by atoms with van der Waals surface area (Å²) in [5.41, 5.74) is 1.22. The number of anilines is 1. The van der Waals surface area contributed by atoms with Gasteiger partial charge in [0, 0.05) is 12.2 Å². The van der Waals surface area contributed by atoms with Gasteiger partial charge in [0.25, 0.3) is 0 Å². The van der Waals surface area contributed by atoms with Crippen molar-refractivity contribution in [2.75, 3.05) is 31.5 Å². The summed E-state index contributed by atoms with van der Waals surface area (Å²) < 4.78 is 5.29. The Balaban J connectivity index is 1.81. The van der Waals surface area contributed by atoms with Crippen LogP contribution in [0.5, 0.6) is 0 Å². The van der Waals surface area contributed by atoms with Crippen molar-refractivity contribution in [3.63, 3.8) is 0 Å². The average molecular weight is 348 g/mol. The average Bonchev–Trinajstić information content (AvgIpc) is 2.57. The number of esters is 1. The fourth-order valence-corrected chi connectivity index (χ4v) is 3.06. The maximum Gasteiger partial charge on any atom is 0.325 e. The number of piperidine rings is 1. The number of aliphatic hydroxyl groups excluding tert-OH is 1. The summed E-state index contributed by atoms with van der Waals surface area (Å²) in [6, 6.07) is 7.63. The van der Waals surface area contributed by atoms with Crippen molar-refractivity contribution >= 4 is 11.7 Å². The summed E-state index contributed by atoms with van der Waals surface area (Å²) in [6.45, 7) is 8.88. The predicted octanol–water partition coefficient (Wildman–Crippen LogP) is 3.35. The normalized spacial score (nSPS) is 17.1. The highest BCUT2D eigenvalue weighted by Crippen LogP contribution is 2.21. The largest absolute Gasteiger partial charge is 0.459 e. The molecular formula is C20H32N2O3. The summed E-state index contributed by atoms with van der Waals surface area (Å²) in [6.07, 6.45) is 4.10. The Hall–Kier alpha value is -1.59. The number of hydrogen-bond donors (Lipinski definition) is 2. The molecule has 0 unspecified atom stereocenters. The van der Waals surface area contributed by atoms with E-state index >= 15 is 0 Å². The van der Waals surface area contributed by atoms with Gasteiger partial charge in [0.15, 0.2) is 0 Å². The van der Waals surface area contributed by atoms with E-state index in [4.69, 9.17) is 4.74 Å². The molecule has 1 saturated heterocycles. The molecule has 2 N–H and O–H groups in total. The molecule has 0 saturated carbocycles. The molecule has 1 heterocycles. The fraction of sp³-hybridized carbons (Fsp3) is 0.650. The molecule has 0 radical (unpaired) electrons. The molecule has 5 heteroatoms. The number of nitrogens with one attached hydrogen (secondary N) is 1. The van der Waals surface area contributed by atoms with Crippen molar-refractivity contribution in [1.29, 1.82) is 0 Å². The zero-order chi connectivity index (χ0) is 18.3. The van der Waals surface area contributed by atoms with Crippen LogP contribution in [0.15, 0.2) is 24.3 Å². The van der Waals surface area contributed by atoms with Crippen molar-refractivity contribution in [1.82, 2.24) is 4.90 Å². The van der Waals surface area contributed by atoms with E-state index in [-0.39, 0.29) is 12.5 Å². The monoisotopic (exact) mass is 348 g/mol. The molecule has 1 aliphatic rings. The lowest BCUT2D eigenvalue weighted by atomic mass is 10.0.